The van der Waals surface area contributed by atoms with Gasteiger partial charge in [-0.2, -0.15) is 18.3 Å². The van der Waals surface area contributed by atoms with Gasteiger partial charge in [-0.1, -0.05) is 59.6 Å². The summed E-state index contributed by atoms with van der Waals surface area (Å²) in [4.78, 5) is 12.8. The second kappa shape index (κ2) is 8.26. The third-order valence-electron chi connectivity index (χ3n) is 5.36. The van der Waals surface area contributed by atoms with Gasteiger partial charge in [0.05, 0.1) is 12.2 Å². The van der Waals surface area contributed by atoms with Crippen molar-refractivity contribution in [2.45, 2.75) is 38.1 Å². The Kier molecular flexibility index (Phi) is 5.66. The molecule has 0 aliphatic carbocycles. The molecular weight excluding hydrogens is 429 g/mol. The molecule has 4 rings (SSSR count). The molecule has 9 heteroatoms. The van der Waals surface area contributed by atoms with Crippen molar-refractivity contribution in [1.29, 1.82) is 0 Å². The number of amides is 1. The van der Waals surface area contributed by atoms with Gasteiger partial charge in [0, 0.05) is 18.0 Å². The largest absolute Gasteiger partial charge is 0.410 e. The Hall–Kier alpha value is -3.00. The minimum atomic E-state index is -4.50. The van der Waals surface area contributed by atoms with Gasteiger partial charge in [-0.15, -0.1) is 0 Å². The first-order valence-corrected chi connectivity index (χ1v) is 10.1. The summed E-state index contributed by atoms with van der Waals surface area (Å²) in [5.41, 5.74) is 2.49. The van der Waals surface area contributed by atoms with Crippen LogP contribution in [-0.2, 0) is 6.54 Å². The van der Waals surface area contributed by atoms with Crippen LogP contribution in [0.25, 0.3) is 0 Å². The lowest BCUT2D eigenvalue weighted by Gasteiger charge is -2.34. The molecule has 1 aliphatic heterocycles. The van der Waals surface area contributed by atoms with E-state index in [1.165, 1.54) is 6.20 Å². The summed E-state index contributed by atoms with van der Waals surface area (Å²) in [6, 6.07) is 11.9. The summed E-state index contributed by atoms with van der Waals surface area (Å²) in [6.07, 6.45) is -3.56. The molecule has 2 N–H and O–H groups in total. The van der Waals surface area contributed by atoms with E-state index in [4.69, 9.17) is 11.6 Å². The Bertz CT molecular complexity index is 1090. The average molecular weight is 449 g/mol. The van der Waals surface area contributed by atoms with Crippen LogP contribution in [0.5, 0.6) is 0 Å². The molecule has 1 amide bonds. The Morgan fingerprint density at radius 2 is 1.94 bits per heavy atom. The molecule has 0 bridgehead atoms. The molecule has 5 nitrogen and oxygen atoms in total. The van der Waals surface area contributed by atoms with E-state index in [1.807, 2.05) is 19.1 Å². The topological polar surface area (TPSA) is 59.0 Å². The van der Waals surface area contributed by atoms with Crippen molar-refractivity contribution in [2.75, 3.05) is 5.32 Å². The van der Waals surface area contributed by atoms with Crippen molar-refractivity contribution in [3.05, 3.63) is 82.0 Å². The third-order valence-corrected chi connectivity index (χ3v) is 5.73. The van der Waals surface area contributed by atoms with Gasteiger partial charge < -0.3 is 10.6 Å². The SMILES string of the molecule is Cc1ccc([C@@H]2C[C@H](C(F)(F)F)n3ncc(C(=O)NCc4ccccc4Cl)c3N2)cc1. The van der Waals surface area contributed by atoms with Crippen LogP contribution in [0.1, 0.15) is 45.6 Å². The van der Waals surface area contributed by atoms with E-state index in [0.29, 0.717) is 10.6 Å². The number of anilines is 1. The average Bonchev–Trinajstić information content (AvgIpc) is 3.16. The lowest BCUT2D eigenvalue weighted by atomic mass is 9.96. The Morgan fingerprint density at radius 3 is 2.61 bits per heavy atom. The van der Waals surface area contributed by atoms with Crippen molar-refractivity contribution < 1.29 is 18.0 Å². The fourth-order valence-electron chi connectivity index (χ4n) is 3.66. The summed E-state index contributed by atoms with van der Waals surface area (Å²) in [5, 5.41) is 10.2. The number of aromatic nitrogens is 2. The van der Waals surface area contributed by atoms with Gasteiger partial charge in [0.1, 0.15) is 11.4 Å². The maximum Gasteiger partial charge on any atom is 0.410 e. The van der Waals surface area contributed by atoms with E-state index in [-0.39, 0.29) is 24.3 Å². The van der Waals surface area contributed by atoms with E-state index >= 15 is 0 Å². The number of hydrogen-bond donors (Lipinski definition) is 2. The molecule has 0 saturated heterocycles. The van der Waals surface area contributed by atoms with E-state index in [1.54, 1.807) is 36.4 Å². The van der Waals surface area contributed by atoms with Crippen LogP contribution in [0.3, 0.4) is 0 Å². The minimum Gasteiger partial charge on any atom is -0.363 e. The number of carbonyl (C=O) groups is 1. The van der Waals surface area contributed by atoms with Crippen LogP contribution in [-0.4, -0.2) is 21.9 Å². The van der Waals surface area contributed by atoms with Gasteiger partial charge in [-0.05, 0) is 24.1 Å². The van der Waals surface area contributed by atoms with Crippen LogP contribution >= 0.6 is 11.6 Å². The highest BCUT2D eigenvalue weighted by Gasteiger charge is 2.47. The van der Waals surface area contributed by atoms with Crippen molar-refractivity contribution in [3.8, 4) is 0 Å². The maximum absolute atomic E-state index is 13.8. The van der Waals surface area contributed by atoms with Gasteiger partial charge in [0.2, 0.25) is 0 Å². The van der Waals surface area contributed by atoms with Crippen molar-refractivity contribution in [3.63, 3.8) is 0 Å². The molecule has 1 aromatic heterocycles. The maximum atomic E-state index is 13.8. The summed E-state index contributed by atoms with van der Waals surface area (Å²) in [6.45, 7) is 2.06. The Balaban J connectivity index is 1.62. The number of aryl methyl sites for hydroxylation is 1. The van der Waals surface area contributed by atoms with Crippen molar-refractivity contribution in [2.24, 2.45) is 0 Å². The number of carbonyl (C=O) groups excluding carboxylic acids is 1. The molecule has 0 radical (unpaired) electrons. The summed E-state index contributed by atoms with van der Waals surface area (Å²) < 4.78 is 42.2. The van der Waals surface area contributed by atoms with E-state index in [9.17, 15) is 18.0 Å². The highest BCUT2D eigenvalue weighted by Crippen LogP contribution is 2.44. The van der Waals surface area contributed by atoms with Crippen molar-refractivity contribution in [1.82, 2.24) is 15.1 Å². The smallest absolute Gasteiger partial charge is 0.363 e. The highest BCUT2D eigenvalue weighted by molar-refractivity contribution is 6.31. The van der Waals surface area contributed by atoms with E-state index < -0.39 is 24.2 Å². The first-order valence-electron chi connectivity index (χ1n) is 9.73. The number of benzene rings is 2. The monoisotopic (exact) mass is 448 g/mol. The molecule has 2 atom stereocenters. The Labute approximate surface area is 182 Å². The number of alkyl halides is 3. The number of nitrogens with zero attached hydrogens (tertiary/aromatic N) is 2. The van der Waals surface area contributed by atoms with Gasteiger partial charge in [0.15, 0.2) is 6.04 Å². The van der Waals surface area contributed by atoms with Crippen LogP contribution in [0.2, 0.25) is 5.02 Å². The zero-order chi connectivity index (χ0) is 22.2. The van der Waals surface area contributed by atoms with E-state index in [2.05, 4.69) is 15.7 Å². The lowest BCUT2D eigenvalue weighted by Crippen LogP contribution is -2.36. The fraction of sp³-hybridized carbons (Fsp3) is 0.273. The minimum absolute atomic E-state index is 0.0517. The van der Waals surface area contributed by atoms with Crippen LogP contribution in [0.4, 0.5) is 19.0 Å². The first-order chi connectivity index (χ1) is 14.7. The van der Waals surface area contributed by atoms with Gasteiger partial charge in [-0.3, -0.25) is 4.79 Å². The molecular formula is C22H20ClF3N4O. The van der Waals surface area contributed by atoms with Gasteiger partial charge in [0.25, 0.3) is 5.91 Å². The molecule has 31 heavy (non-hydrogen) atoms. The Morgan fingerprint density at radius 1 is 1.23 bits per heavy atom. The predicted octanol–water partition coefficient (Wildman–Crippen LogP) is 5.44. The fourth-order valence-corrected chi connectivity index (χ4v) is 3.86. The molecule has 162 valence electrons. The standard InChI is InChI=1S/C22H20ClF3N4O/c1-13-6-8-14(9-7-13)18-10-19(22(24,25)26)30-20(29-18)16(12-28-30)21(31)27-11-15-4-2-3-5-17(15)23/h2-9,12,18-19,29H,10-11H2,1H3,(H,27,31)/t18-,19+/m0/s1. The first kappa shape index (κ1) is 21.2. The highest BCUT2D eigenvalue weighted by atomic mass is 35.5. The number of rotatable bonds is 4. The molecule has 0 fully saturated rings. The summed E-state index contributed by atoms with van der Waals surface area (Å²) in [7, 11) is 0. The normalized spacial score (nSPS) is 18.2. The number of hydrogen-bond acceptors (Lipinski definition) is 3. The lowest BCUT2D eigenvalue weighted by molar-refractivity contribution is -0.173. The zero-order valence-electron chi connectivity index (χ0n) is 16.6. The number of halogens is 4. The number of fused-ring (bicyclic) bond motifs is 1. The number of nitrogens with one attached hydrogen (secondary N) is 2. The van der Waals surface area contributed by atoms with Crippen LogP contribution in [0.15, 0.2) is 54.7 Å². The summed E-state index contributed by atoms with van der Waals surface area (Å²) >= 11 is 6.11. The molecule has 0 spiro atoms. The van der Waals surface area contributed by atoms with E-state index in [0.717, 1.165) is 15.8 Å². The molecule has 0 unspecified atom stereocenters. The van der Waals surface area contributed by atoms with Crippen LogP contribution < -0.4 is 10.6 Å². The van der Waals surface area contributed by atoms with Crippen molar-refractivity contribution >= 4 is 23.3 Å². The zero-order valence-corrected chi connectivity index (χ0v) is 17.3. The van der Waals surface area contributed by atoms with Gasteiger partial charge >= 0.3 is 6.18 Å². The summed E-state index contributed by atoms with van der Waals surface area (Å²) in [5.74, 6) is -0.477. The molecule has 2 heterocycles. The predicted molar refractivity (Wildman–Crippen MR) is 112 cm³/mol. The quantitative estimate of drug-likeness (QED) is 0.559. The third kappa shape index (κ3) is 4.39. The molecule has 1 aliphatic rings. The van der Waals surface area contributed by atoms with Crippen LogP contribution in [0, 0.1) is 6.92 Å². The molecule has 3 aromatic rings. The molecule has 0 saturated carbocycles. The second-order valence-corrected chi connectivity index (χ2v) is 7.93. The van der Waals surface area contributed by atoms with Gasteiger partial charge in [-0.25, -0.2) is 4.68 Å². The second-order valence-electron chi connectivity index (χ2n) is 7.53. The molecule has 2 aromatic carbocycles.